The lowest BCUT2D eigenvalue weighted by Gasteiger charge is -2.26. The summed E-state index contributed by atoms with van der Waals surface area (Å²) < 4.78 is 42.0. The van der Waals surface area contributed by atoms with Gasteiger partial charge in [-0.15, -0.1) is 11.3 Å². The molecule has 1 atom stereocenters. The summed E-state index contributed by atoms with van der Waals surface area (Å²) in [4.78, 5) is 27.6. The maximum absolute atomic E-state index is 13.5. The highest BCUT2D eigenvalue weighted by molar-refractivity contribution is 9.10. The maximum Gasteiger partial charge on any atom is 0.252 e. The normalized spacial score (nSPS) is 17.0. The van der Waals surface area contributed by atoms with Gasteiger partial charge >= 0.3 is 0 Å². The van der Waals surface area contributed by atoms with Gasteiger partial charge in [0.1, 0.15) is 11.9 Å². The number of nitrogens with zero attached hydrogens (tertiary/aromatic N) is 2. The first-order chi connectivity index (χ1) is 14.8. The average molecular weight is 523 g/mol. The fourth-order valence-corrected chi connectivity index (χ4v) is 5.97. The molecule has 160 valence electrons. The summed E-state index contributed by atoms with van der Waals surface area (Å²) >= 11 is 4.64. The van der Waals surface area contributed by atoms with Gasteiger partial charge < -0.3 is 0 Å². The first kappa shape index (κ1) is 21.8. The van der Waals surface area contributed by atoms with Crippen LogP contribution < -0.4 is 4.90 Å². The van der Waals surface area contributed by atoms with E-state index in [9.17, 15) is 22.4 Å². The van der Waals surface area contributed by atoms with Gasteiger partial charge in [0.15, 0.2) is 0 Å². The lowest BCUT2D eigenvalue weighted by atomic mass is 10.2. The van der Waals surface area contributed by atoms with Crippen LogP contribution in [0, 0.1) is 5.82 Å². The SMILES string of the molecule is O=C1CC(N(Cc2cccs2)S(=O)(=O)c2ccc(Br)cc2)C(=O)N1c1ccc(F)cc1. The number of thiophene rings is 1. The molecular formula is C21H16BrFN2O4S2. The fraction of sp³-hybridized carbons (Fsp3) is 0.143. The molecule has 3 aromatic rings. The van der Waals surface area contributed by atoms with Gasteiger partial charge in [-0.1, -0.05) is 22.0 Å². The van der Waals surface area contributed by atoms with Crippen LogP contribution in [0.3, 0.4) is 0 Å². The maximum atomic E-state index is 13.5. The number of imide groups is 1. The molecule has 31 heavy (non-hydrogen) atoms. The van der Waals surface area contributed by atoms with Crippen LogP contribution in [0.2, 0.25) is 0 Å². The Kier molecular flexibility index (Phi) is 6.07. The number of hydrogen-bond acceptors (Lipinski definition) is 5. The molecule has 2 heterocycles. The molecule has 0 N–H and O–H groups in total. The second-order valence-corrected chi connectivity index (χ2v) is 10.7. The van der Waals surface area contributed by atoms with E-state index in [4.69, 9.17) is 0 Å². The van der Waals surface area contributed by atoms with Crippen molar-refractivity contribution >= 4 is 54.8 Å². The molecule has 0 saturated carbocycles. The molecule has 1 aromatic heterocycles. The third kappa shape index (κ3) is 4.33. The molecule has 1 aliphatic heterocycles. The number of halogens is 2. The van der Waals surface area contributed by atoms with Crippen LogP contribution in [0.15, 0.2) is 75.4 Å². The predicted molar refractivity (Wildman–Crippen MR) is 118 cm³/mol. The molecule has 0 bridgehead atoms. The number of benzene rings is 2. The van der Waals surface area contributed by atoms with E-state index in [1.54, 1.807) is 24.3 Å². The largest absolute Gasteiger partial charge is 0.274 e. The van der Waals surface area contributed by atoms with Crippen molar-refractivity contribution < 1.29 is 22.4 Å². The molecule has 0 radical (unpaired) electrons. The minimum absolute atomic E-state index is 0.0211. The summed E-state index contributed by atoms with van der Waals surface area (Å²) in [6.07, 6.45) is -0.294. The van der Waals surface area contributed by atoms with E-state index in [1.807, 2.05) is 5.38 Å². The summed E-state index contributed by atoms with van der Waals surface area (Å²) in [5.74, 6) is -1.70. The Morgan fingerprint density at radius 1 is 1.06 bits per heavy atom. The zero-order valence-electron chi connectivity index (χ0n) is 15.9. The van der Waals surface area contributed by atoms with Crippen LogP contribution >= 0.6 is 27.3 Å². The highest BCUT2D eigenvalue weighted by Crippen LogP contribution is 2.31. The second-order valence-electron chi connectivity index (χ2n) is 6.85. The number of carbonyl (C=O) groups excluding carboxylic acids is 2. The molecule has 10 heteroatoms. The quantitative estimate of drug-likeness (QED) is 0.455. The van der Waals surface area contributed by atoms with Crippen molar-refractivity contribution in [2.45, 2.75) is 23.9 Å². The van der Waals surface area contributed by atoms with Crippen molar-refractivity contribution in [2.24, 2.45) is 0 Å². The molecule has 1 fully saturated rings. The van der Waals surface area contributed by atoms with E-state index in [2.05, 4.69) is 15.9 Å². The molecule has 0 spiro atoms. The third-order valence-electron chi connectivity index (χ3n) is 4.87. The van der Waals surface area contributed by atoms with Gasteiger partial charge in [-0.2, -0.15) is 4.31 Å². The Balaban J connectivity index is 1.73. The third-order valence-corrected chi connectivity index (χ3v) is 8.13. The molecule has 6 nitrogen and oxygen atoms in total. The lowest BCUT2D eigenvalue weighted by Crippen LogP contribution is -2.44. The minimum atomic E-state index is -4.09. The first-order valence-electron chi connectivity index (χ1n) is 9.19. The average Bonchev–Trinajstić information content (AvgIpc) is 3.35. The van der Waals surface area contributed by atoms with Crippen LogP contribution in [0.1, 0.15) is 11.3 Å². The minimum Gasteiger partial charge on any atom is -0.274 e. The molecule has 4 rings (SSSR count). The lowest BCUT2D eigenvalue weighted by molar-refractivity contribution is -0.122. The smallest absolute Gasteiger partial charge is 0.252 e. The summed E-state index contributed by atoms with van der Waals surface area (Å²) in [5, 5.41) is 1.81. The molecule has 0 aliphatic carbocycles. The van der Waals surface area contributed by atoms with E-state index in [1.165, 1.54) is 35.6 Å². The van der Waals surface area contributed by atoms with Crippen molar-refractivity contribution in [1.82, 2.24) is 4.31 Å². The Labute approximate surface area is 191 Å². The Hall–Kier alpha value is -2.40. The van der Waals surface area contributed by atoms with Gasteiger partial charge in [0.2, 0.25) is 15.9 Å². The molecule has 2 aromatic carbocycles. The molecule has 1 unspecified atom stereocenters. The number of amides is 2. The number of carbonyl (C=O) groups is 2. The molecule has 2 amide bonds. The number of hydrogen-bond donors (Lipinski definition) is 0. The standard InChI is InChI=1S/C21H16BrFN2O4S2/c22-14-3-9-18(10-4-14)31(28,29)24(13-17-2-1-11-30-17)19-12-20(26)25(21(19)27)16-7-5-15(23)6-8-16/h1-11,19H,12-13H2. The van der Waals surface area contributed by atoms with E-state index in [0.717, 1.165) is 26.2 Å². The van der Waals surface area contributed by atoms with Crippen LogP contribution in [0.25, 0.3) is 0 Å². The molecular weight excluding hydrogens is 507 g/mol. The van der Waals surface area contributed by atoms with Crippen molar-refractivity contribution in [3.05, 3.63) is 81.2 Å². The second kappa shape index (κ2) is 8.62. The number of rotatable bonds is 6. The van der Waals surface area contributed by atoms with E-state index < -0.39 is 33.7 Å². The van der Waals surface area contributed by atoms with E-state index in [0.29, 0.717) is 4.47 Å². The van der Waals surface area contributed by atoms with E-state index in [-0.39, 0.29) is 23.5 Å². The monoisotopic (exact) mass is 522 g/mol. The zero-order chi connectivity index (χ0) is 22.2. The van der Waals surface area contributed by atoms with Gasteiger partial charge in [-0.3, -0.25) is 9.59 Å². The Morgan fingerprint density at radius 3 is 2.35 bits per heavy atom. The predicted octanol–water partition coefficient (Wildman–Crippen LogP) is 4.17. The van der Waals surface area contributed by atoms with Gasteiger partial charge in [0, 0.05) is 15.9 Å². The van der Waals surface area contributed by atoms with Crippen molar-refractivity contribution in [3.8, 4) is 0 Å². The van der Waals surface area contributed by atoms with Gasteiger partial charge in [0.25, 0.3) is 5.91 Å². The summed E-state index contributed by atoms with van der Waals surface area (Å²) in [5.41, 5.74) is 0.205. The first-order valence-corrected chi connectivity index (χ1v) is 12.3. The molecule has 1 saturated heterocycles. The van der Waals surface area contributed by atoms with Crippen molar-refractivity contribution in [2.75, 3.05) is 4.90 Å². The number of anilines is 1. The highest BCUT2D eigenvalue weighted by atomic mass is 79.9. The van der Waals surface area contributed by atoms with Crippen molar-refractivity contribution in [1.29, 1.82) is 0 Å². The van der Waals surface area contributed by atoms with Gasteiger partial charge in [-0.25, -0.2) is 17.7 Å². The molecule has 1 aliphatic rings. The van der Waals surface area contributed by atoms with Crippen LogP contribution in [-0.4, -0.2) is 30.6 Å². The Morgan fingerprint density at radius 2 is 1.74 bits per heavy atom. The van der Waals surface area contributed by atoms with E-state index >= 15 is 0 Å². The highest BCUT2D eigenvalue weighted by Gasteiger charge is 2.47. The fourth-order valence-electron chi connectivity index (χ4n) is 3.36. The van der Waals surface area contributed by atoms with Gasteiger partial charge in [-0.05, 0) is 60.0 Å². The Bertz CT molecular complexity index is 1210. The van der Waals surface area contributed by atoms with Gasteiger partial charge in [0.05, 0.1) is 17.0 Å². The van der Waals surface area contributed by atoms with Crippen LogP contribution in [0.5, 0.6) is 0 Å². The summed E-state index contributed by atoms with van der Waals surface area (Å²) in [7, 11) is -4.09. The van der Waals surface area contributed by atoms with Crippen LogP contribution in [0.4, 0.5) is 10.1 Å². The number of sulfonamides is 1. The topological polar surface area (TPSA) is 74.8 Å². The summed E-state index contributed by atoms with van der Waals surface area (Å²) in [6.45, 7) is -0.0446. The zero-order valence-corrected chi connectivity index (χ0v) is 19.2. The van der Waals surface area contributed by atoms with Crippen molar-refractivity contribution in [3.63, 3.8) is 0 Å². The van der Waals surface area contributed by atoms with Crippen LogP contribution in [-0.2, 0) is 26.2 Å². The summed E-state index contributed by atoms with van der Waals surface area (Å²) in [6, 6.07) is 13.4.